The van der Waals surface area contributed by atoms with Gasteiger partial charge in [-0.2, -0.15) is 13.2 Å². The number of amides is 8. The summed E-state index contributed by atoms with van der Waals surface area (Å²) in [5.41, 5.74) is 19.6. The molecule has 5 rings (SSSR count). The molecule has 0 aliphatic carbocycles. The number of likely N-dealkylation sites (tertiary alicyclic amines) is 1. The second-order valence-electron chi connectivity index (χ2n) is 16.9. The molecule has 1 aromatic heterocycles. The van der Waals surface area contributed by atoms with Gasteiger partial charge < -0.3 is 74.1 Å². The van der Waals surface area contributed by atoms with Crippen molar-refractivity contribution in [2.75, 3.05) is 13.2 Å². The van der Waals surface area contributed by atoms with Crippen molar-refractivity contribution in [3.8, 4) is 5.75 Å². The first-order valence-corrected chi connectivity index (χ1v) is 22.5. The molecule has 4 aromatic rings. The maximum absolute atomic E-state index is 14.3. The highest BCUT2D eigenvalue weighted by Crippen LogP contribution is 2.22. The van der Waals surface area contributed by atoms with Gasteiger partial charge in [0.15, 0.2) is 0 Å². The van der Waals surface area contributed by atoms with Crippen LogP contribution in [0.1, 0.15) is 42.9 Å². The molecule has 26 heteroatoms. The monoisotopic (exact) mass is 1030 g/mol. The molecule has 73 heavy (non-hydrogen) atoms. The molecule has 16 N–H and O–H groups in total. The van der Waals surface area contributed by atoms with Gasteiger partial charge in [-0.1, -0.05) is 60.7 Å². The Bertz CT molecular complexity index is 2600. The number of nitrogens with one attached hydrogen (secondary N) is 6. The summed E-state index contributed by atoms with van der Waals surface area (Å²) >= 11 is 0. The number of carbonyl (C=O) groups excluding carboxylic acids is 8. The normalized spacial score (nSPS) is 16.2. The number of carboxylic acid groups (broad SMARTS) is 1. The zero-order chi connectivity index (χ0) is 54.2. The number of para-hydroxylation sites is 1. The second-order valence-corrected chi connectivity index (χ2v) is 16.9. The van der Waals surface area contributed by atoms with Crippen LogP contribution >= 0.6 is 0 Å². The molecule has 394 valence electrons. The average molecular weight is 1030 g/mol. The van der Waals surface area contributed by atoms with Crippen LogP contribution in [-0.2, 0) is 62.4 Å². The first-order valence-electron chi connectivity index (χ1n) is 22.5. The lowest BCUT2D eigenvalue weighted by Crippen LogP contribution is -2.62. The molecule has 1 aliphatic rings. The summed E-state index contributed by atoms with van der Waals surface area (Å²) in [4.78, 5) is 120. The molecule has 2 heterocycles. The maximum atomic E-state index is 14.3. The molecule has 1 aliphatic heterocycles. The number of halogens is 3. The van der Waals surface area contributed by atoms with Crippen LogP contribution < -0.4 is 43.8 Å². The largest absolute Gasteiger partial charge is 0.508 e. The summed E-state index contributed by atoms with van der Waals surface area (Å²) in [6.45, 7) is 0.429. The van der Waals surface area contributed by atoms with Crippen LogP contribution in [0.3, 0.4) is 0 Å². The Kier molecular flexibility index (Phi) is 20.8. The SMILES string of the molecule is C[C@@H](O)[C@H](NC(=O)[C@H](Cc1c[nH]c2ccccc12)NC(=O)[C@@H]1CCCN1C(=O)[C@H](CO)NC(=O)[C@@H](N)Cc1ccc(O)cc1)C(=O)N[C@@H](CC(N)=O)C(=O)N[C@@H](Cc1ccccc1)C(N)=O.O=C(O)C(F)(F)F. The van der Waals surface area contributed by atoms with Crippen molar-refractivity contribution in [3.63, 3.8) is 0 Å². The van der Waals surface area contributed by atoms with E-state index in [4.69, 9.17) is 27.1 Å². The van der Waals surface area contributed by atoms with Crippen LogP contribution in [0.2, 0.25) is 0 Å². The molecular formula is C47H57F3N10O13. The summed E-state index contributed by atoms with van der Waals surface area (Å²) in [7, 11) is 0. The van der Waals surface area contributed by atoms with Crippen molar-refractivity contribution in [2.24, 2.45) is 17.2 Å². The number of fused-ring (bicyclic) bond motifs is 1. The summed E-state index contributed by atoms with van der Waals surface area (Å²) in [5.74, 6) is -10.0. The number of aromatic nitrogens is 1. The summed E-state index contributed by atoms with van der Waals surface area (Å²) < 4.78 is 31.7. The van der Waals surface area contributed by atoms with Crippen LogP contribution in [0.5, 0.6) is 5.75 Å². The fourth-order valence-corrected chi connectivity index (χ4v) is 7.62. The number of primary amides is 2. The third-order valence-electron chi connectivity index (χ3n) is 11.4. The van der Waals surface area contributed by atoms with E-state index in [1.54, 1.807) is 72.9 Å². The van der Waals surface area contributed by atoms with E-state index in [0.717, 1.165) is 0 Å². The molecule has 0 bridgehead atoms. The standard InChI is InChI=1S/C45H56N10O11.C2HF3O2/c1-24(57)38(44(65)52-34(21-37(47)59)41(62)50-32(39(48)60)19-25-8-3-2-4-9-25)54-42(63)33(20-27-22-49-31-11-6-5-10-29(27)31)51-43(64)36-12-7-17-55(36)45(66)35(23-56)53-40(61)30(46)18-26-13-15-28(58)16-14-26;3-2(4,5)1(6)7/h2-6,8-11,13-16,22,24,30,32-36,38,49,56-58H,7,12,17-21,23,46H2,1H3,(H2,47,59)(H2,48,60)(H,50,62)(H,51,64)(H,52,65)(H,53,61)(H,54,63);(H,6,7)/t24-,30+,32+,33+,34+,35+,36+,38+;/m1./s1. The molecule has 0 saturated carbocycles. The highest BCUT2D eigenvalue weighted by molar-refractivity contribution is 5.99. The number of hydrogen-bond acceptors (Lipinski definition) is 13. The smallest absolute Gasteiger partial charge is 0.490 e. The number of aromatic hydroxyl groups is 1. The van der Waals surface area contributed by atoms with Gasteiger partial charge >= 0.3 is 12.1 Å². The quantitative estimate of drug-likeness (QED) is 0.0406. The van der Waals surface area contributed by atoms with Gasteiger partial charge in [-0.25, -0.2) is 4.79 Å². The molecule has 1 saturated heterocycles. The van der Waals surface area contributed by atoms with Crippen molar-refractivity contribution in [1.82, 2.24) is 36.5 Å². The van der Waals surface area contributed by atoms with E-state index in [2.05, 4.69) is 31.6 Å². The van der Waals surface area contributed by atoms with Gasteiger partial charge in [0.1, 0.15) is 42.0 Å². The number of nitrogens with zero attached hydrogens (tertiary/aromatic N) is 1. The van der Waals surface area contributed by atoms with E-state index in [1.807, 2.05) is 0 Å². The molecule has 0 radical (unpaired) electrons. The van der Waals surface area contributed by atoms with Gasteiger partial charge in [-0.15, -0.1) is 0 Å². The van der Waals surface area contributed by atoms with Gasteiger partial charge in [-0.3, -0.25) is 38.4 Å². The van der Waals surface area contributed by atoms with E-state index in [-0.39, 0.29) is 38.0 Å². The van der Waals surface area contributed by atoms with E-state index in [1.165, 1.54) is 24.0 Å². The fourth-order valence-electron chi connectivity index (χ4n) is 7.62. The molecule has 3 aromatic carbocycles. The number of aromatic amines is 1. The van der Waals surface area contributed by atoms with Crippen molar-refractivity contribution < 1.29 is 76.7 Å². The maximum Gasteiger partial charge on any atom is 0.490 e. The number of nitrogens with two attached hydrogens (primary N) is 3. The molecular weight excluding hydrogens is 970 g/mol. The van der Waals surface area contributed by atoms with Gasteiger partial charge in [0.05, 0.1) is 25.2 Å². The Morgan fingerprint density at radius 3 is 1.90 bits per heavy atom. The first-order chi connectivity index (χ1) is 34.4. The van der Waals surface area contributed by atoms with Crippen LogP contribution in [0.4, 0.5) is 13.2 Å². The minimum absolute atomic E-state index is 0.0157. The summed E-state index contributed by atoms with van der Waals surface area (Å²) in [6.07, 6.45) is -5.42. The Balaban J connectivity index is 0.00000153. The molecule has 8 atom stereocenters. The number of carboxylic acids is 1. The summed E-state index contributed by atoms with van der Waals surface area (Å²) in [6, 6.07) is 11.8. The third-order valence-corrected chi connectivity index (χ3v) is 11.4. The number of aliphatic carboxylic acids is 1. The van der Waals surface area contributed by atoms with Crippen LogP contribution in [0.15, 0.2) is 85.1 Å². The predicted octanol–water partition coefficient (Wildman–Crippen LogP) is -1.99. The second kappa shape index (κ2) is 26.4. The molecule has 0 spiro atoms. The fraction of sp³-hybridized carbons (Fsp3) is 0.383. The zero-order valence-electron chi connectivity index (χ0n) is 39.1. The van der Waals surface area contributed by atoms with Gasteiger partial charge in [0, 0.05) is 36.5 Å². The number of phenols is 1. The minimum atomic E-state index is -5.08. The lowest BCUT2D eigenvalue weighted by molar-refractivity contribution is -0.192. The number of aliphatic hydroxyl groups excluding tert-OH is 2. The molecule has 0 unspecified atom stereocenters. The third kappa shape index (κ3) is 17.0. The zero-order valence-corrected chi connectivity index (χ0v) is 39.1. The Morgan fingerprint density at radius 1 is 0.740 bits per heavy atom. The van der Waals surface area contributed by atoms with Crippen molar-refractivity contribution >= 4 is 64.1 Å². The number of benzene rings is 3. The minimum Gasteiger partial charge on any atom is -0.508 e. The predicted molar refractivity (Wildman–Crippen MR) is 252 cm³/mol. The average Bonchev–Trinajstić information content (AvgIpc) is 4.00. The highest BCUT2D eigenvalue weighted by atomic mass is 19.4. The number of rotatable bonds is 22. The van der Waals surface area contributed by atoms with E-state index < -0.39 is 121 Å². The van der Waals surface area contributed by atoms with Gasteiger partial charge in [-0.05, 0) is 61.1 Å². The van der Waals surface area contributed by atoms with Crippen molar-refractivity contribution in [1.29, 1.82) is 0 Å². The summed E-state index contributed by atoms with van der Waals surface area (Å²) in [5, 5.41) is 50.7. The van der Waals surface area contributed by atoms with Crippen LogP contribution in [0, 0.1) is 0 Å². The number of alkyl halides is 3. The molecule has 8 amide bonds. The molecule has 23 nitrogen and oxygen atoms in total. The Hall–Kier alpha value is -8.10. The van der Waals surface area contributed by atoms with Crippen molar-refractivity contribution in [3.05, 3.63) is 102 Å². The highest BCUT2D eigenvalue weighted by Gasteiger charge is 2.41. The van der Waals surface area contributed by atoms with Gasteiger partial charge in [0.2, 0.25) is 47.3 Å². The number of aliphatic hydroxyl groups is 2. The number of carbonyl (C=O) groups is 9. The Morgan fingerprint density at radius 2 is 1.32 bits per heavy atom. The van der Waals surface area contributed by atoms with Crippen LogP contribution in [-0.4, -0.2) is 151 Å². The number of H-pyrrole nitrogens is 1. The van der Waals surface area contributed by atoms with Crippen molar-refractivity contribution in [2.45, 2.75) is 100 Å². The number of phenolic OH excluding ortho intramolecular Hbond substituents is 1. The molecule has 1 fully saturated rings. The lowest BCUT2D eigenvalue weighted by atomic mass is 10.0. The first kappa shape index (κ1) is 57.5. The topological polar surface area (TPSA) is 392 Å². The lowest BCUT2D eigenvalue weighted by Gasteiger charge is -2.30. The number of hydrogen-bond donors (Lipinski definition) is 13. The van der Waals surface area contributed by atoms with Crippen LogP contribution in [0.25, 0.3) is 10.9 Å². The van der Waals surface area contributed by atoms with E-state index >= 15 is 0 Å². The van der Waals surface area contributed by atoms with Gasteiger partial charge in [0.25, 0.3) is 0 Å². The Labute approximate surface area is 414 Å². The van der Waals surface area contributed by atoms with E-state index in [9.17, 15) is 66.8 Å². The van der Waals surface area contributed by atoms with E-state index in [0.29, 0.717) is 34.0 Å².